The fourth-order valence-electron chi connectivity index (χ4n) is 3.19. The number of hydrogen-bond donors (Lipinski definition) is 3. The molecule has 30 heavy (non-hydrogen) atoms. The van der Waals surface area contributed by atoms with Crippen LogP contribution >= 0.6 is 11.8 Å². The van der Waals surface area contributed by atoms with Gasteiger partial charge in [-0.1, -0.05) is 37.3 Å². The number of carbonyl (C=O) groups excluding carboxylic acids is 1. The minimum Gasteiger partial charge on any atom is -0.368 e. The van der Waals surface area contributed by atoms with Crippen molar-refractivity contribution in [2.24, 2.45) is 4.99 Å². The number of thioether (sulfide) groups is 1. The molecule has 160 valence electrons. The summed E-state index contributed by atoms with van der Waals surface area (Å²) in [5.74, 6) is 0.685. The Balaban J connectivity index is 1.44. The van der Waals surface area contributed by atoms with E-state index < -0.39 is 0 Å². The van der Waals surface area contributed by atoms with Crippen molar-refractivity contribution in [2.75, 3.05) is 25.5 Å². The molecule has 0 aliphatic carbocycles. The Labute approximate surface area is 182 Å². The van der Waals surface area contributed by atoms with E-state index in [1.165, 1.54) is 4.90 Å². The highest BCUT2D eigenvalue weighted by Crippen LogP contribution is 2.22. The minimum absolute atomic E-state index is 0.0695. The average Bonchev–Trinajstić information content (AvgIpc) is 3.30. The number of ether oxygens (including phenoxy) is 1. The highest BCUT2D eigenvalue weighted by molar-refractivity contribution is 8.00. The fourth-order valence-corrected chi connectivity index (χ4v) is 4.13. The zero-order valence-electron chi connectivity index (χ0n) is 17.6. The summed E-state index contributed by atoms with van der Waals surface area (Å²) in [6.45, 7) is 4.27. The van der Waals surface area contributed by atoms with Gasteiger partial charge in [-0.05, 0) is 42.7 Å². The summed E-state index contributed by atoms with van der Waals surface area (Å²) in [7, 11) is 1.77. The van der Waals surface area contributed by atoms with E-state index in [1.54, 1.807) is 7.05 Å². The first kappa shape index (κ1) is 22.2. The van der Waals surface area contributed by atoms with Gasteiger partial charge in [0.05, 0.1) is 0 Å². The number of amides is 1. The number of nitrogens with zero attached hydrogens (tertiary/aromatic N) is 1. The smallest absolute Gasteiger partial charge is 0.253 e. The molecule has 0 radical (unpaired) electrons. The van der Waals surface area contributed by atoms with Gasteiger partial charge in [-0.2, -0.15) is 0 Å². The SMILES string of the molecule is CN=C(NCc1cccc(NC(=O)C2CCCO2)c1)NCC(C)Sc1ccccc1. The summed E-state index contributed by atoms with van der Waals surface area (Å²) >= 11 is 1.83. The van der Waals surface area contributed by atoms with Crippen molar-refractivity contribution in [1.29, 1.82) is 0 Å². The molecular weight excluding hydrogens is 396 g/mol. The molecule has 2 aromatic carbocycles. The van der Waals surface area contributed by atoms with Crippen molar-refractivity contribution < 1.29 is 9.53 Å². The largest absolute Gasteiger partial charge is 0.368 e. The molecule has 3 N–H and O–H groups in total. The van der Waals surface area contributed by atoms with Crippen LogP contribution in [0, 0.1) is 0 Å². The molecule has 0 saturated carbocycles. The van der Waals surface area contributed by atoms with Crippen molar-refractivity contribution >= 4 is 29.3 Å². The lowest BCUT2D eigenvalue weighted by atomic mass is 10.2. The number of anilines is 1. The zero-order chi connectivity index (χ0) is 21.2. The standard InChI is InChI=1S/C23H30N4O2S/c1-17(30-20-10-4-3-5-11-20)15-25-23(24-2)26-16-18-8-6-9-19(14-18)27-22(28)21-12-7-13-29-21/h3-6,8-11,14,17,21H,7,12-13,15-16H2,1-2H3,(H,27,28)(H2,24,25,26). The van der Waals surface area contributed by atoms with Gasteiger partial charge >= 0.3 is 0 Å². The molecule has 2 aromatic rings. The number of carbonyl (C=O) groups is 1. The second kappa shape index (κ2) is 11.6. The maximum absolute atomic E-state index is 12.2. The molecular formula is C23H30N4O2S. The lowest BCUT2D eigenvalue weighted by molar-refractivity contribution is -0.124. The van der Waals surface area contributed by atoms with E-state index in [4.69, 9.17) is 4.74 Å². The molecule has 1 heterocycles. The summed E-state index contributed by atoms with van der Waals surface area (Å²) in [6.07, 6.45) is 1.40. The molecule has 0 bridgehead atoms. The van der Waals surface area contributed by atoms with E-state index in [9.17, 15) is 4.79 Å². The van der Waals surface area contributed by atoms with Crippen LogP contribution in [0.3, 0.4) is 0 Å². The third-order valence-electron chi connectivity index (χ3n) is 4.74. The lowest BCUT2D eigenvalue weighted by Gasteiger charge is -2.16. The molecule has 1 aliphatic heterocycles. The monoisotopic (exact) mass is 426 g/mol. The number of benzene rings is 2. The molecule has 0 spiro atoms. The highest BCUT2D eigenvalue weighted by Gasteiger charge is 2.23. The minimum atomic E-state index is -0.328. The van der Waals surface area contributed by atoms with Gasteiger partial charge in [0.1, 0.15) is 6.10 Å². The van der Waals surface area contributed by atoms with Crippen LogP contribution in [-0.4, -0.2) is 43.4 Å². The highest BCUT2D eigenvalue weighted by atomic mass is 32.2. The number of guanidine groups is 1. The van der Waals surface area contributed by atoms with E-state index in [0.717, 1.165) is 36.6 Å². The zero-order valence-corrected chi connectivity index (χ0v) is 18.4. The molecule has 0 aromatic heterocycles. The molecule has 6 nitrogen and oxygen atoms in total. The molecule has 2 atom stereocenters. The van der Waals surface area contributed by atoms with Gasteiger partial charge in [0, 0.05) is 42.6 Å². The van der Waals surface area contributed by atoms with Crippen LogP contribution in [-0.2, 0) is 16.1 Å². The Kier molecular flexibility index (Phi) is 8.59. The van der Waals surface area contributed by atoms with Gasteiger partial charge in [-0.25, -0.2) is 0 Å². The Morgan fingerprint density at radius 1 is 1.20 bits per heavy atom. The number of aliphatic imine (C=N–C) groups is 1. The van der Waals surface area contributed by atoms with Crippen LogP contribution in [0.25, 0.3) is 0 Å². The van der Waals surface area contributed by atoms with Crippen LogP contribution in [0.2, 0.25) is 0 Å². The maximum atomic E-state index is 12.2. The molecule has 1 fully saturated rings. The number of hydrogen-bond acceptors (Lipinski definition) is 4. The van der Waals surface area contributed by atoms with Crippen molar-refractivity contribution in [3.05, 3.63) is 60.2 Å². The van der Waals surface area contributed by atoms with Gasteiger partial charge < -0.3 is 20.7 Å². The second-order valence-corrected chi connectivity index (χ2v) is 8.75. The van der Waals surface area contributed by atoms with E-state index in [-0.39, 0.29) is 12.0 Å². The first-order chi connectivity index (χ1) is 14.6. The maximum Gasteiger partial charge on any atom is 0.253 e. The number of rotatable bonds is 8. The first-order valence-electron chi connectivity index (χ1n) is 10.3. The Morgan fingerprint density at radius 2 is 2.03 bits per heavy atom. The van der Waals surface area contributed by atoms with Crippen molar-refractivity contribution in [3.63, 3.8) is 0 Å². The molecule has 1 aliphatic rings. The fraction of sp³-hybridized carbons (Fsp3) is 0.391. The van der Waals surface area contributed by atoms with Crippen LogP contribution in [0.15, 0.2) is 64.5 Å². The van der Waals surface area contributed by atoms with Crippen LogP contribution in [0.5, 0.6) is 0 Å². The van der Waals surface area contributed by atoms with Crippen molar-refractivity contribution in [1.82, 2.24) is 10.6 Å². The van der Waals surface area contributed by atoms with Gasteiger partial charge in [0.2, 0.25) is 0 Å². The molecule has 7 heteroatoms. The van der Waals surface area contributed by atoms with E-state index in [0.29, 0.717) is 18.4 Å². The summed E-state index contributed by atoms with van der Waals surface area (Å²) in [4.78, 5) is 17.8. The van der Waals surface area contributed by atoms with Crippen molar-refractivity contribution in [3.8, 4) is 0 Å². The second-order valence-electron chi connectivity index (χ2n) is 7.24. The summed E-state index contributed by atoms with van der Waals surface area (Å²) < 4.78 is 5.44. The number of nitrogens with one attached hydrogen (secondary N) is 3. The molecule has 1 saturated heterocycles. The third-order valence-corrected chi connectivity index (χ3v) is 5.85. The predicted octanol–water partition coefficient (Wildman–Crippen LogP) is 3.65. The van der Waals surface area contributed by atoms with Crippen LogP contribution in [0.4, 0.5) is 5.69 Å². The quantitative estimate of drug-likeness (QED) is 0.341. The average molecular weight is 427 g/mol. The van der Waals surface area contributed by atoms with E-state index in [2.05, 4.69) is 52.1 Å². The predicted molar refractivity (Wildman–Crippen MR) is 124 cm³/mol. The summed E-state index contributed by atoms with van der Waals surface area (Å²) in [5, 5.41) is 10.1. The summed E-state index contributed by atoms with van der Waals surface area (Å²) in [5.41, 5.74) is 1.85. The molecule has 1 amide bonds. The molecule has 3 rings (SSSR count). The Morgan fingerprint density at radius 3 is 2.77 bits per heavy atom. The Hall–Kier alpha value is -2.51. The molecule has 2 unspecified atom stereocenters. The summed E-state index contributed by atoms with van der Waals surface area (Å²) in [6, 6.07) is 18.2. The van der Waals surface area contributed by atoms with Gasteiger partial charge in [0.25, 0.3) is 5.91 Å². The normalized spacial score (nSPS) is 17.4. The first-order valence-corrected chi connectivity index (χ1v) is 11.2. The topological polar surface area (TPSA) is 74.8 Å². The van der Waals surface area contributed by atoms with E-state index in [1.807, 2.05) is 42.1 Å². The van der Waals surface area contributed by atoms with Crippen LogP contribution in [0.1, 0.15) is 25.3 Å². The third kappa shape index (κ3) is 7.07. The Bertz CT molecular complexity index is 838. The lowest BCUT2D eigenvalue weighted by Crippen LogP contribution is -2.39. The van der Waals surface area contributed by atoms with Gasteiger partial charge in [-0.15, -0.1) is 11.8 Å². The van der Waals surface area contributed by atoms with Gasteiger partial charge in [-0.3, -0.25) is 9.79 Å². The van der Waals surface area contributed by atoms with Crippen molar-refractivity contribution in [2.45, 2.75) is 42.6 Å². The van der Waals surface area contributed by atoms with Crippen LogP contribution < -0.4 is 16.0 Å². The van der Waals surface area contributed by atoms with E-state index >= 15 is 0 Å². The van der Waals surface area contributed by atoms with Gasteiger partial charge in [0.15, 0.2) is 5.96 Å².